The molecule has 0 spiro atoms. The molecule has 1 rings (SSSR count). The molecule has 3 nitrogen and oxygen atoms in total. The Bertz CT molecular complexity index is 335. The Morgan fingerprint density at radius 1 is 1.38 bits per heavy atom. The molecule has 1 unspecified atom stereocenters. The molecule has 0 heterocycles. The van der Waals surface area contributed by atoms with E-state index in [4.69, 9.17) is 10.5 Å². The van der Waals surface area contributed by atoms with Crippen molar-refractivity contribution in [2.45, 2.75) is 20.0 Å². The number of ether oxygens (including phenoxy) is 1. The topological polar surface area (TPSA) is 38.5 Å². The molecule has 16 heavy (non-hydrogen) atoms. The van der Waals surface area contributed by atoms with Crippen LogP contribution in [0.4, 0.5) is 5.69 Å². The number of benzene rings is 1. The first-order chi connectivity index (χ1) is 7.58. The van der Waals surface area contributed by atoms with Crippen molar-refractivity contribution < 1.29 is 4.74 Å². The van der Waals surface area contributed by atoms with E-state index in [-0.39, 0.29) is 6.10 Å². The minimum absolute atomic E-state index is 0.0886. The Kier molecular flexibility index (Phi) is 4.77. The number of hydrogen-bond acceptors (Lipinski definition) is 3. The molecule has 0 fully saturated rings. The van der Waals surface area contributed by atoms with Gasteiger partial charge in [0, 0.05) is 32.9 Å². The fourth-order valence-corrected chi connectivity index (χ4v) is 1.88. The molecule has 2 N–H and O–H groups in total. The molecule has 1 atom stereocenters. The predicted octanol–water partition coefficient (Wildman–Crippen LogP) is 1.71. The van der Waals surface area contributed by atoms with Gasteiger partial charge >= 0.3 is 0 Å². The van der Waals surface area contributed by atoms with Gasteiger partial charge in [-0.05, 0) is 25.5 Å². The van der Waals surface area contributed by atoms with Crippen LogP contribution >= 0.6 is 0 Å². The number of rotatable bonds is 5. The molecule has 0 radical (unpaired) electrons. The molecular formula is C13H22N2O. The first-order valence-corrected chi connectivity index (χ1v) is 5.59. The molecule has 1 aromatic rings. The van der Waals surface area contributed by atoms with E-state index >= 15 is 0 Å². The molecule has 0 amide bonds. The van der Waals surface area contributed by atoms with Crippen LogP contribution in [0, 0.1) is 13.8 Å². The molecule has 0 aliphatic heterocycles. The predicted molar refractivity (Wildman–Crippen MR) is 69.0 cm³/mol. The summed E-state index contributed by atoms with van der Waals surface area (Å²) in [6, 6.07) is 6.47. The summed E-state index contributed by atoms with van der Waals surface area (Å²) < 4.78 is 5.29. The van der Waals surface area contributed by atoms with Gasteiger partial charge in [-0.15, -0.1) is 0 Å². The number of nitrogens with two attached hydrogens (primary N) is 1. The van der Waals surface area contributed by atoms with Gasteiger partial charge in [0.05, 0.1) is 6.10 Å². The Morgan fingerprint density at radius 2 is 2.06 bits per heavy atom. The van der Waals surface area contributed by atoms with Crippen LogP contribution in [0.15, 0.2) is 18.2 Å². The second kappa shape index (κ2) is 5.87. The Hall–Kier alpha value is -1.06. The van der Waals surface area contributed by atoms with Gasteiger partial charge < -0.3 is 15.4 Å². The summed E-state index contributed by atoms with van der Waals surface area (Å²) in [5, 5.41) is 0. The second-order valence-corrected chi connectivity index (χ2v) is 4.26. The first-order valence-electron chi connectivity index (χ1n) is 5.59. The van der Waals surface area contributed by atoms with Crippen LogP contribution in [0.5, 0.6) is 0 Å². The van der Waals surface area contributed by atoms with Crippen molar-refractivity contribution in [1.82, 2.24) is 0 Å². The number of likely N-dealkylation sites (N-methyl/N-ethyl adjacent to an activating group) is 1. The monoisotopic (exact) mass is 222 g/mol. The molecule has 0 saturated heterocycles. The number of nitrogens with zero attached hydrogens (tertiary/aromatic N) is 1. The Balaban J connectivity index is 2.76. The second-order valence-electron chi connectivity index (χ2n) is 4.26. The van der Waals surface area contributed by atoms with E-state index in [2.05, 4.69) is 44.0 Å². The largest absolute Gasteiger partial charge is 0.378 e. The molecule has 1 aromatic carbocycles. The van der Waals surface area contributed by atoms with E-state index in [1.807, 2.05) is 0 Å². The van der Waals surface area contributed by atoms with Crippen molar-refractivity contribution >= 4 is 5.69 Å². The molecular weight excluding hydrogens is 200 g/mol. The summed E-state index contributed by atoms with van der Waals surface area (Å²) in [5.41, 5.74) is 9.43. The van der Waals surface area contributed by atoms with Crippen LogP contribution in [0.25, 0.3) is 0 Å². The van der Waals surface area contributed by atoms with Crippen molar-refractivity contribution in [2.75, 3.05) is 32.1 Å². The normalized spacial score (nSPS) is 12.6. The quantitative estimate of drug-likeness (QED) is 0.824. The average molecular weight is 222 g/mol. The van der Waals surface area contributed by atoms with E-state index in [0.29, 0.717) is 6.54 Å². The van der Waals surface area contributed by atoms with Crippen LogP contribution in [0.3, 0.4) is 0 Å². The lowest BCUT2D eigenvalue weighted by molar-refractivity contribution is 0.115. The number of anilines is 1. The van der Waals surface area contributed by atoms with E-state index in [1.165, 1.54) is 16.8 Å². The zero-order valence-corrected chi connectivity index (χ0v) is 10.7. The van der Waals surface area contributed by atoms with Gasteiger partial charge in [0.2, 0.25) is 0 Å². The van der Waals surface area contributed by atoms with Crippen molar-refractivity contribution in [3.63, 3.8) is 0 Å². The Morgan fingerprint density at radius 3 is 2.56 bits per heavy atom. The van der Waals surface area contributed by atoms with E-state index in [1.54, 1.807) is 7.11 Å². The zero-order valence-electron chi connectivity index (χ0n) is 10.7. The molecule has 0 bridgehead atoms. The van der Waals surface area contributed by atoms with Crippen LogP contribution in [-0.4, -0.2) is 33.4 Å². The maximum atomic E-state index is 5.62. The van der Waals surface area contributed by atoms with Crippen LogP contribution in [0.2, 0.25) is 0 Å². The van der Waals surface area contributed by atoms with Gasteiger partial charge in [-0.2, -0.15) is 0 Å². The third kappa shape index (κ3) is 3.22. The molecule has 0 aliphatic rings. The van der Waals surface area contributed by atoms with Gasteiger partial charge in [0.15, 0.2) is 0 Å². The van der Waals surface area contributed by atoms with Gasteiger partial charge in [-0.25, -0.2) is 0 Å². The molecule has 0 saturated carbocycles. The van der Waals surface area contributed by atoms with Gasteiger partial charge in [0.1, 0.15) is 0 Å². The van der Waals surface area contributed by atoms with Crippen molar-refractivity contribution in [2.24, 2.45) is 5.73 Å². The van der Waals surface area contributed by atoms with E-state index in [0.717, 1.165) is 6.54 Å². The first kappa shape index (κ1) is 13.0. The zero-order chi connectivity index (χ0) is 12.1. The highest BCUT2D eigenvalue weighted by Gasteiger charge is 2.10. The lowest BCUT2D eigenvalue weighted by Gasteiger charge is -2.25. The third-order valence-corrected chi connectivity index (χ3v) is 2.84. The summed E-state index contributed by atoms with van der Waals surface area (Å²) in [6.07, 6.45) is 0.0886. The lowest BCUT2D eigenvalue weighted by atomic mass is 10.1. The Labute approximate surface area is 98.2 Å². The standard InChI is InChI=1S/C13H22N2O/c1-10-5-6-13(11(2)7-10)15(3)9-12(8-14)16-4/h5-7,12H,8-9,14H2,1-4H3. The maximum absolute atomic E-state index is 5.62. The highest BCUT2D eigenvalue weighted by atomic mass is 16.5. The van der Waals surface area contributed by atoms with Gasteiger partial charge in [-0.1, -0.05) is 17.7 Å². The van der Waals surface area contributed by atoms with Crippen molar-refractivity contribution in [1.29, 1.82) is 0 Å². The lowest BCUT2D eigenvalue weighted by Crippen LogP contribution is -2.35. The SMILES string of the molecule is COC(CN)CN(C)c1ccc(C)cc1C. The molecule has 0 aromatic heterocycles. The van der Waals surface area contributed by atoms with Crippen molar-refractivity contribution in [3.8, 4) is 0 Å². The summed E-state index contributed by atoms with van der Waals surface area (Å²) >= 11 is 0. The third-order valence-electron chi connectivity index (χ3n) is 2.84. The number of aryl methyl sites for hydroxylation is 2. The van der Waals surface area contributed by atoms with Crippen molar-refractivity contribution in [3.05, 3.63) is 29.3 Å². The molecule has 90 valence electrons. The molecule has 0 aliphatic carbocycles. The smallest absolute Gasteiger partial charge is 0.0867 e. The van der Waals surface area contributed by atoms with E-state index < -0.39 is 0 Å². The molecule has 3 heteroatoms. The minimum atomic E-state index is 0.0886. The summed E-state index contributed by atoms with van der Waals surface area (Å²) in [5.74, 6) is 0. The van der Waals surface area contributed by atoms with Gasteiger partial charge in [0.25, 0.3) is 0 Å². The highest BCUT2D eigenvalue weighted by molar-refractivity contribution is 5.53. The van der Waals surface area contributed by atoms with E-state index in [9.17, 15) is 0 Å². The summed E-state index contributed by atoms with van der Waals surface area (Å²) in [7, 11) is 3.77. The van der Waals surface area contributed by atoms with Gasteiger partial charge in [-0.3, -0.25) is 0 Å². The maximum Gasteiger partial charge on any atom is 0.0867 e. The minimum Gasteiger partial charge on any atom is -0.378 e. The van der Waals surface area contributed by atoms with Crippen LogP contribution < -0.4 is 10.6 Å². The fourth-order valence-electron chi connectivity index (χ4n) is 1.88. The summed E-state index contributed by atoms with van der Waals surface area (Å²) in [6.45, 7) is 5.60. The summed E-state index contributed by atoms with van der Waals surface area (Å²) in [4.78, 5) is 2.19. The van der Waals surface area contributed by atoms with Crippen LogP contribution in [-0.2, 0) is 4.74 Å². The average Bonchev–Trinajstić information content (AvgIpc) is 2.25. The number of hydrogen-bond donors (Lipinski definition) is 1. The number of methoxy groups -OCH3 is 1. The highest BCUT2D eigenvalue weighted by Crippen LogP contribution is 2.20. The fraction of sp³-hybridized carbons (Fsp3) is 0.538. The van der Waals surface area contributed by atoms with Crippen LogP contribution in [0.1, 0.15) is 11.1 Å².